The van der Waals surface area contributed by atoms with Gasteiger partial charge in [0.1, 0.15) is 10.7 Å². The Labute approximate surface area is 191 Å². The third-order valence-electron chi connectivity index (χ3n) is 5.66. The van der Waals surface area contributed by atoms with E-state index in [0.29, 0.717) is 34.2 Å². The number of nitrogens with one attached hydrogen (secondary N) is 1. The molecule has 0 aliphatic carbocycles. The van der Waals surface area contributed by atoms with Crippen molar-refractivity contribution in [1.82, 2.24) is 15.0 Å². The number of hydrogen-bond acceptors (Lipinski definition) is 7. The minimum absolute atomic E-state index is 0.185. The van der Waals surface area contributed by atoms with Crippen LogP contribution in [0.1, 0.15) is 29.7 Å². The Bertz CT molecular complexity index is 1350. The second kappa shape index (κ2) is 8.55. The number of aromatic amines is 1. The number of rotatable bonds is 6. The van der Waals surface area contributed by atoms with Gasteiger partial charge in [-0.3, -0.25) is 9.59 Å². The van der Waals surface area contributed by atoms with Crippen LogP contribution in [0.25, 0.3) is 21.0 Å². The zero-order chi connectivity index (χ0) is 22.2. The van der Waals surface area contributed by atoms with Crippen molar-refractivity contribution in [3.8, 4) is 10.7 Å². The maximum Gasteiger partial charge on any atom is 0.278 e. The minimum atomic E-state index is -0.400. The molecular formula is C23H21FN4O2S2. The smallest absolute Gasteiger partial charge is 0.278 e. The number of carbonyl (C=O) groups excluding carboxylic acids is 1. The molecule has 1 aliphatic rings. The van der Waals surface area contributed by atoms with E-state index in [4.69, 9.17) is 0 Å². The van der Waals surface area contributed by atoms with E-state index in [2.05, 4.69) is 15.0 Å². The Balaban J connectivity index is 1.41. The Morgan fingerprint density at radius 3 is 2.81 bits per heavy atom. The van der Waals surface area contributed by atoms with Gasteiger partial charge in [0.15, 0.2) is 27.1 Å². The molecule has 3 aromatic heterocycles. The first-order chi connectivity index (χ1) is 15.5. The third kappa shape index (κ3) is 3.98. The van der Waals surface area contributed by atoms with Crippen molar-refractivity contribution in [2.24, 2.45) is 0 Å². The number of Topliss-reactive ketones (excluding diaryl/α,β-unsaturated/α-hetero) is 1. The van der Waals surface area contributed by atoms with E-state index < -0.39 is 11.4 Å². The summed E-state index contributed by atoms with van der Waals surface area (Å²) in [6.45, 7) is 2.52. The van der Waals surface area contributed by atoms with Gasteiger partial charge in [-0.05, 0) is 37.8 Å². The second-order valence-electron chi connectivity index (χ2n) is 7.90. The summed E-state index contributed by atoms with van der Waals surface area (Å²) >= 11 is 2.53. The molecule has 1 saturated heterocycles. The molecule has 1 N–H and O–H groups in total. The molecule has 4 heterocycles. The van der Waals surface area contributed by atoms with Gasteiger partial charge in [-0.2, -0.15) is 0 Å². The number of aryl methyl sites for hydroxylation is 2. The van der Waals surface area contributed by atoms with E-state index in [9.17, 15) is 14.0 Å². The van der Waals surface area contributed by atoms with Crippen LogP contribution in [0, 0.1) is 12.7 Å². The Morgan fingerprint density at radius 1 is 1.25 bits per heavy atom. The van der Waals surface area contributed by atoms with E-state index in [1.54, 1.807) is 6.92 Å². The number of ketones is 1. The lowest BCUT2D eigenvalue weighted by Gasteiger charge is -2.22. The SMILES string of the molecule is Cc1cc(F)c(-c2nc3sc(N4CCC[C@@H]4C(=O)CCc4ccccc4)nc3c(=O)[nH]2)s1. The largest absolute Gasteiger partial charge is 0.338 e. The molecule has 0 radical (unpaired) electrons. The quantitative estimate of drug-likeness (QED) is 0.443. The van der Waals surface area contributed by atoms with Crippen molar-refractivity contribution in [2.45, 2.75) is 38.6 Å². The molecule has 0 unspecified atom stereocenters. The number of thiophene rings is 1. The van der Waals surface area contributed by atoms with Gasteiger partial charge in [0.2, 0.25) is 0 Å². The minimum Gasteiger partial charge on any atom is -0.338 e. The molecule has 5 rings (SSSR count). The van der Waals surface area contributed by atoms with Crippen molar-refractivity contribution in [1.29, 1.82) is 0 Å². The summed E-state index contributed by atoms with van der Waals surface area (Å²) < 4.78 is 14.2. The van der Waals surface area contributed by atoms with Crippen LogP contribution in [0.5, 0.6) is 0 Å². The fourth-order valence-corrected chi connectivity index (χ4v) is 5.96. The molecule has 4 aromatic rings. The van der Waals surface area contributed by atoms with Crippen LogP contribution in [0.4, 0.5) is 9.52 Å². The summed E-state index contributed by atoms with van der Waals surface area (Å²) in [5.41, 5.74) is 0.971. The zero-order valence-corrected chi connectivity index (χ0v) is 19.1. The number of aromatic nitrogens is 3. The average Bonchev–Trinajstić information content (AvgIpc) is 3.50. The predicted molar refractivity (Wildman–Crippen MR) is 126 cm³/mol. The highest BCUT2D eigenvalue weighted by atomic mass is 32.1. The van der Waals surface area contributed by atoms with Crippen LogP contribution in [0.15, 0.2) is 41.2 Å². The highest BCUT2D eigenvalue weighted by Gasteiger charge is 2.32. The first-order valence-electron chi connectivity index (χ1n) is 10.5. The first kappa shape index (κ1) is 21.0. The number of carbonyl (C=O) groups is 1. The van der Waals surface area contributed by atoms with Gasteiger partial charge < -0.3 is 9.88 Å². The zero-order valence-electron chi connectivity index (χ0n) is 17.4. The normalized spacial score (nSPS) is 16.2. The number of benzene rings is 1. The second-order valence-corrected chi connectivity index (χ2v) is 10.1. The summed E-state index contributed by atoms with van der Waals surface area (Å²) in [5.74, 6) is -0.00198. The molecule has 6 nitrogen and oxygen atoms in total. The van der Waals surface area contributed by atoms with Gasteiger partial charge in [-0.25, -0.2) is 14.4 Å². The van der Waals surface area contributed by atoms with E-state index in [0.717, 1.165) is 23.3 Å². The molecule has 0 spiro atoms. The first-order valence-corrected chi connectivity index (χ1v) is 12.1. The fourth-order valence-electron chi connectivity index (χ4n) is 4.11. The highest BCUT2D eigenvalue weighted by Crippen LogP contribution is 2.34. The third-order valence-corrected chi connectivity index (χ3v) is 7.68. The lowest BCUT2D eigenvalue weighted by molar-refractivity contribution is -0.120. The fraction of sp³-hybridized carbons (Fsp3) is 0.304. The lowest BCUT2D eigenvalue weighted by atomic mass is 10.0. The van der Waals surface area contributed by atoms with Crippen LogP contribution < -0.4 is 10.5 Å². The summed E-state index contributed by atoms with van der Waals surface area (Å²) in [4.78, 5) is 40.8. The predicted octanol–water partition coefficient (Wildman–Crippen LogP) is 4.73. The average molecular weight is 469 g/mol. The standard InChI is InChI=1S/C23H21FN4O2S2/c1-13-12-15(24)19(31-13)20-26-21(30)18-22(27-20)32-23(25-18)28-11-5-8-16(28)17(29)10-9-14-6-3-2-4-7-14/h2-4,6-7,12,16H,5,8-11H2,1H3,(H,26,27,30)/t16-/m1/s1. The van der Waals surface area contributed by atoms with Crippen molar-refractivity contribution in [3.63, 3.8) is 0 Å². The molecule has 164 valence electrons. The van der Waals surface area contributed by atoms with Gasteiger partial charge in [0, 0.05) is 17.8 Å². The van der Waals surface area contributed by atoms with Gasteiger partial charge in [-0.1, -0.05) is 41.7 Å². The Morgan fingerprint density at radius 2 is 2.06 bits per heavy atom. The number of anilines is 1. The molecule has 1 aromatic carbocycles. The Hall–Kier alpha value is -2.91. The molecule has 32 heavy (non-hydrogen) atoms. The van der Waals surface area contributed by atoms with Crippen molar-refractivity contribution in [2.75, 3.05) is 11.4 Å². The van der Waals surface area contributed by atoms with Gasteiger partial charge in [-0.15, -0.1) is 11.3 Å². The lowest BCUT2D eigenvalue weighted by Crippen LogP contribution is -2.36. The van der Waals surface area contributed by atoms with Crippen LogP contribution in [0.2, 0.25) is 0 Å². The summed E-state index contributed by atoms with van der Waals surface area (Å²) in [6.07, 6.45) is 2.85. The van der Waals surface area contributed by atoms with Gasteiger partial charge >= 0.3 is 0 Å². The van der Waals surface area contributed by atoms with E-state index in [-0.39, 0.29) is 23.2 Å². The van der Waals surface area contributed by atoms with Crippen LogP contribution >= 0.6 is 22.7 Å². The van der Waals surface area contributed by atoms with Crippen LogP contribution in [-0.4, -0.2) is 33.3 Å². The topological polar surface area (TPSA) is 79.0 Å². The van der Waals surface area contributed by atoms with E-state index in [1.165, 1.54) is 28.7 Å². The molecule has 9 heteroatoms. The molecule has 0 amide bonds. The van der Waals surface area contributed by atoms with Crippen LogP contribution in [-0.2, 0) is 11.2 Å². The molecular weight excluding hydrogens is 447 g/mol. The summed E-state index contributed by atoms with van der Waals surface area (Å²) in [6, 6.07) is 11.2. The maximum atomic E-state index is 14.2. The highest BCUT2D eigenvalue weighted by molar-refractivity contribution is 7.21. The molecule has 0 bridgehead atoms. The van der Waals surface area contributed by atoms with E-state index >= 15 is 0 Å². The van der Waals surface area contributed by atoms with Gasteiger partial charge in [0.25, 0.3) is 5.56 Å². The maximum absolute atomic E-state index is 14.2. The Kier molecular flexibility index (Phi) is 5.60. The van der Waals surface area contributed by atoms with Gasteiger partial charge in [0.05, 0.1) is 6.04 Å². The summed E-state index contributed by atoms with van der Waals surface area (Å²) in [5, 5.41) is 0.619. The number of H-pyrrole nitrogens is 1. The monoisotopic (exact) mass is 468 g/mol. The number of halogens is 1. The number of thiazole rings is 1. The molecule has 1 fully saturated rings. The number of fused-ring (bicyclic) bond motifs is 1. The summed E-state index contributed by atoms with van der Waals surface area (Å²) in [7, 11) is 0. The van der Waals surface area contributed by atoms with Crippen molar-refractivity contribution < 1.29 is 9.18 Å². The molecule has 0 saturated carbocycles. The van der Waals surface area contributed by atoms with Crippen molar-refractivity contribution in [3.05, 3.63) is 63.0 Å². The number of hydrogen-bond donors (Lipinski definition) is 1. The molecule has 1 atom stereocenters. The van der Waals surface area contributed by atoms with Crippen molar-refractivity contribution >= 4 is 43.9 Å². The molecule has 1 aliphatic heterocycles. The van der Waals surface area contributed by atoms with E-state index in [1.807, 2.05) is 35.2 Å². The number of nitrogens with zero attached hydrogens (tertiary/aromatic N) is 3. The van der Waals surface area contributed by atoms with Crippen LogP contribution in [0.3, 0.4) is 0 Å².